The lowest BCUT2D eigenvalue weighted by molar-refractivity contribution is -0.123. The van der Waals surface area contributed by atoms with Crippen LogP contribution in [0, 0.1) is 6.92 Å². The number of nitrogens with zero attached hydrogens (tertiary/aromatic N) is 2. The molecule has 2 aromatic carbocycles. The molecule has 2 saturated heterocycles. The van der Waals surface area contributed by atoms with E-state index in [-0.39, 0.29) is 17.7 Å². The molecule has 0 atom stereocenters. The number of anilines is 1. The SMILES string of the molecule is Cc1cc(N2CCCC2)ccc1/C=C1/SC(=O)N(Cc2ccc(Cl)cc2Cl)C1=O. The molecule has 2 aliphatic heterocycles. The number of imide groups is 1. The average molecular weight is 447 g/mol. The predicted octanol–water partition coefficient (Wildman–Crippen LogP) is 6.14. The van der Waals surface area contributed by atoms with Gasteiger partial charge in [-0.2, -0.15) is 0 Å². The number of halogens is 2. The molecule has 0 bridgehead atoms. The van der Waals surface area contributed by atoms with Crippen molar-refractivity contribution in [2.24, 2.45) is 0 Å². The standard InChI is InChI=1S/C22H20Cl2N2O2S/c1-14-10-18(25-8-2-3-9-25)7-5-15(14)11-20-21(27)26(22(28)29-20)13-16-4-6-17(23)12-19(16)24/h4-7,10-12H,2-3,8-9,13H2,1H3/b20-11+. The van der Waals surface area contributed by atoms with Gasteiger partial charge in [0.25, 0.3) is 11.1 Å². The van der Waals surface area contributed by atoms with Crippen LogP contribution >= 0.6 is 35.0 Å². The Kier molecular flexibility index (Phi) is 5.91. The first-order valence-electron chi connectivity index (χ1n) is 9.47. The fraction of sp³-hybridized carbons (Fsp3) is 0.273. The van der Waals surface area contributed by atoms with Crippen LogP contribution in [0.15, 0.2) is 41.3 Å². The summed E-state index contributed by atoms with van der Waals surface area (Å²) in [6.45, 7) is 4.34. The monoisotopic (exact) mass is 446 g/mol. The Hall–Kier alpha value is -1.95. The van der Waals surface area contributed by atoms with Crippen LogP contribution in [0.3, 0.4) is 0 Å². The van der Waals surface area contributed by atoms with E-state index in [2.05, 4.69) is 17.0 Å². The van der Waals surface area contributed by atoms with E-state index in [0.717, 1.165) is 36.0 Å². The maximum Gasteiger partial charge on any atom is 0.293 e. The summed E-state index contributed by atoms with van der Waals surface area (Å²) in [6, 6.07) is 11.3. The third kappa shape index (κ3) is 4.32. The normalized spacial score (nSPS) is 18.4. The third-order valence-corrected chi connectivity index (χ3v) is 6.72. The van der Waals surface area contributed by atoms with Gasteiger partial charge >= 0.3 is 0 Å². The van der Waals surface area contributed by atoms with E-state index < -0.39 is 0 Å². The Morgan fingerprint density at radius 1 is 1.07 bits per heavy atom. The molecule has 0 radical (unpaired) electrons. The van der Waals surface area contributed by atoms with Crippen molar-refractivity contribution in [2.45, 2.75) is 26.3 Å². The first-order chi connectivity index (χ1) is 13.9. The number of carbonyl (C=O) groups is 2. The molecule has 0 aromatic heterocycles. The largest absolute Gasteiger partial charge is 0.372 e. The fourth-order valence-corrected chi connectivity index (χ4v) is 4.89. The van der Waals surface area contributed by atoms with Crippen LogP contribution in [0.5, 0.6) is 0 Å². The van der Waals surface area contributed by atoms with Gasteiger partial charge in [-0.15, -0.1) is 0 Å². The zero-order chi connectivity index (χ0) is 20.5. The molecule has 0 aliphatic carbocycles. The lowest BCUT2D eigenvalue weighted by atomic mass is 10.1. The lowest BCUT2D eigenvalue weighted by Crippen LogP contribution is -2.27. The summed E-state index contributed by atoms with van der Waals surface area (Å²) in [5.41, 5.74) is 3.93. The van der Waals surface area contributed by atoms with E-state index in [1.807, 2.05) is 13.0 Å². The van der Waals surface area contributed by atoms with Crippen molar-refractivity contribution in [3.63, 3.8) is 0 Å². The number of amides is 2. The minimum Gasteiger partial charge on any atom is -0.372 e. The summed E-state index contributed by atoms with van der Waals surface area (Å²) in [4.78, 5) is 29.3. The summed E-state index contributed by atoms with van der Waals surface area (Å²) in [6.07, 6.45) is 4.26. The Labute approximate surface area is 184 Å². The van der Waals surface area contributed by atoms with Crippen molar-refractivity contribution < 1.29 is 9.59 Å². The van der Waals surface area contributed by atoms with Crippen LogP contribution in [0.25, 0.3) is 6.08 Å². The summed E-state index contributed by atoms with van der Waals surface area (Å²) in [5.74, 6) is -0.297. The summed E-state index contributed by atoms with van der Waals surface area (Å²) in [7, 11) is 0. The number of benzene rings is 2. The van der Waals surface area contributed by atoms with E-state index in [0.29, 0.717) is 20.5 Å². The highest BCUT2D eigenvalue weighted by atomic mass is 35.5. The van der Waals surface area contributed by atoms with Crippen LogP contribution in [-0.4, -0.2) is 29.1 Å². The maximum absolute atomic E-state index is 12.8. The van der Waals surface area contributed by atoms with Crippen molar-refractivity contribution in [1.29, 1.82) is 0 Å². The van der Waals surface area contributed by atoms with Crippen LogP contribution in [0.2, 0.25) is 10.0 Å². The van der Waals surface area contributed by atoms with Crippen molar-refractivity contribution in [1.82, 2.24) is 4.90 Å². The lowest BCUT2D eigenvalue weighted by Gasteiger charge is -2.18. The number of thioether (sulfide) groups is 1. The van der Waals surface area contributed by atoms with Gasteiger partial charge in [-0.05, 0) is 78.6 Å². The summed E-state index contributed by atoms with van der Waals surface area (Å²) in [5, 5.41) is 0.660. The maximum atomic E-state index is 12.8. The highest BCUT2D eigenvalue weighted by Gasteiger charge is 2.35. The smallest absolute Gasteiger partial charge is 0.293 e. The first kappa shape index (κ1) is 20.3. The van der Waals surface area contributed by atoms with Crippen molar-refractivity contribution in [3.05, 3.63) is 68.0 Å². The van der Waals surface area contributed by atoms with E-state index in [1.165, 1.54) is 23.4 Å². The third-order valence-electron chi connectivity index (χ3n) is 5.23. The van der Waals surface area contributed by atoms with Gasteiger partial charge < -0.3 is 4.90 Å². The average Bonchev–Trinajstić information content (AvgIpc) is 3.30. The first-order valence-corrected chi connectivity index (χ1v) is 11.0. The van der Waals surface area contributed by atoms with Gasteiger partial charge in [-0.3, -0.25) is 14.5 Å². The zero-order valence-electron chi connectivity index (χ0n) is 16.0. The van der Waals surface area contributed by atoms with Crippen LogP contribution in [-0.2, 0) is 11.3 Å². The molecule has 0 saturated carbocycles. The Balaban J connectivity index is 1.54. The minimum atomic E-state index is -0.297. The molecule has 0 N–H and O–H groups in total. The number of aryl methyl sites for hydroxylation is 1. The van der Waals surface area contributed by atoms with E-state index in [4.69, 9.17) is 23.2 Å². The second-order valence-electron chi connectivity index (χ2n) is 7.24. The minimum absolute atomic E-state index is 0.130. The number of hydrogen-bond acceptors (Lipinski definition) is 4. The molecule has 4 rings (SSSR count). The van der Waals surface area contributed by atoms with Crippen molar-refractivity contribution >= 4 is 57.9 Å². The van der Waals surface area contributed by atoms with Crippen LogP contribution in [0.1, 0.15) is 29.5 Å². The van der Waals surface area contributed by atoms with E-state index in [1.54, 1.807) is 24.3 Å². The quantitative estimate of drug-likeness (QED) is 0.528. The highest BCUT2D eigenvalue weighted by Crippen LogP contribution is 2.35. The molecule has 0 unspecified atom stereocenters. The molecule has 2 fully saturated rings. The van der Waals surface area contributed by atoms with Crippen LogP contribution in [0.4, 0.5) is 10.5 Å². The summed E-state index contributed by atoms with van der Waals surface area (Å²) < 4.78 is 0. The van der Waals surface area contributed by atoms with Crippen molar-refractivity contribution in [3.8, 4) is 0 Å². The molecule has 4 nitrogen and oxygen atoms in total. The van der Waals surface area contributed by atoms with Gasteiger partial charge in [0.2, 0.25) is 0 Å². The molecule has 7 heteroatoms. The highest BCUT2D eigenvalue weighted by molar-refractivity contribution is 8.18. The van der Waals surface area contributed by atoms with E-state index >= 15 is 0 Å². The molecule has 2 heterocycles. The second kappa shape index (κ2) is 8.42. The molecule has 0 spiro atoms. The Bertz CT molecular complexity index is 1020. The predicted molar refractivity (Wildman–Crippen MR) is 121 cm³/mol. The topological polar surface area (TPSA) is 40.6 Å². The fourth-order valence-electron chi connectivity index (χ4n) is 3.59. The molecule has 29 heavy (non-hydrogen) atoms. The second-order valence-corrected chi connectivity index (χ2v) is 9.08. The molecular weight excluding hydrogens is 427 g/mol. The van der Waals surface area contributed by atoms with Gasteiger partial charge in [-0.1, -0.05) is 35.3 Å². The van der Waals surface area contributed by atoms with Gasteiger partial charge in [0.05, 0.1) is 11.4 Å². The molecule has 2 aromatic rings. The Morgan fingerprint density at radius 2 is 1.83 bits per heavy atom. The van der Waals surface area contributed by atoms with E-state index in [9.17, 15) is 9.59 Å². The summed E-state index contributed by atoms with van der Waals surface area (Å²) >= 11 is 13.1. The number of hydrogen-bond donors (Lipinski definition) is 0. The van der Waals surface area contributed by atoms with Crippen LogP contribution < -0.4 is 4.90 Å². The van der Waals surface area contributed by atoms with Gasteiger partial charge in [0.15, 0.2) is 0 Å². The molecule has 2 amide bonds. The van der Waals surface area contributed by atoms with Gasteiger partial charge in [0.1, 0.15) is 0 Å². The Morgan fingerprint density at radius 3 is 2.52 bits per heavy atom. The zero-order valence-corrected chi connectivity index (χ0v) is 18.3. The van der Waals surface area contributed by atoms with Crippen molar-refractivity contribution in [2.75, 3.05) is 18.0 Å². The number of rotatable bonds is 4. The van der Waals surface area contributed by atoms with Gasteiger partial charge in [-0.25, -0.2) is 0 Å². The number of carbonyl (C=O) groups excluding carboxylic acids is 2. The molecule has 150 valence electrons. The van der Waals surface area contributed by atoms with Gasteiger partial charge in [0, 0.05) is 28.8 Å². The molecular formula is C22H20Cl2N2O2S. The molecule has 2 aliphatic rings.